The summed E-state index contributed by atoms with van der Waals surface area (Å²) in [4.78, 5) is 56.0. The Hall–Kier alpha value is -4.13. The number of carbonyl (C=O) groups excluding carboxylic acids is 3. The molecule has 13 heteroatoms. The van der Waals surface area contributed by atoms with Crippen LogP contribution in [0.3, 0.4) is 0 Å². The van der Waals surface area contributed by atoms with Gasteiger partial charge in [-0.05, 0) is 86.9 Å². The van der Waals surface area contributed by atoms with Crippen LogP contribution in [-0.2, 0) is 20.7 Å². The molecule has 48 heavy (non-hydrogen) atoms. The summed E-state index contributed by atoms with van der Waals surface area (Å²) in [5.41, 5.74) is 2.35. The van der Waals surface area contributed by atoms with Gasteiger partial charge in [-0.3, -0.25) is 14.4 Å². The topological polar surface area (TPSA) is 136 Å². The smallest absolute Gasteiger partial charge is 0.410 e. The average molecular weight is 685 g/mol. The Bertz CT molecular complexity index is 1570. The van der Waals surface area contributed by atoms with Crippen molar-refractivity contribution in [3.05, 3.63) is 45.6 Å². The second kappa shape index (κ2) is 15.8. The summed E-state index contributed by atoms with van der Waals surface area (Å²) in [6.07, 6.45) is 3.18. The van der Waals surface area contributed by atoms with E-state index in [0.29, 0.717) is 79.6 Å². The van der Waals surface area contributed by atoms with Gasteiger partial charge in [-0.15, -0.1) is 0 Å². The molecule has 4 rings (SSSR count). The summed E-state index contributed by atoms with van der Waals surface area (Å²) in [7, 11) is 4.65. The van der Waals surface area contributed by atoms with Crippen LogP contribution in [0.25, 0.3) is 11.1 Å². The van der Waals surface area contributed by atoms with Crippen molar-refractivity contribution in [3.8, 4) is 28.4 Å². The Morgan fingerprint density at radius 3 is 2.23 bits per heavy atom. The minimum Gasteiger partial charge on any atom is -0.493 e. The van der Waals surface area contributed by atoms with Crippen molar-refractivity contribution in [1.29, 1.82) is 0 Å². The van der Waals surface area contributed by atoms with E-state index in [-0.39, 0.29) is 22.9 Å². The van der Waals surface area contributed by atoms with Crippen molar-refractivity contribution in [1.82, 2.24) is 15.1 Å². The number of ether oxygens (including phenoxy) is 4. The third kappa shape index (κ3) is 8.47. The SMILES string of the molecule is COc1cc2c(c(OC)c1OC)-c1ccc(N[C@@H](CCSC)C(=O)N3CCN(C(=O)OC(C)(C)C)CC3)c(=O)cc1[C@@H](NC(C)=O)CC2. The average Bonchev–Trinajstić information content (AvgIpc) is 3.29. The van der Waals surface area contributed by atoms with E-state index >= 15 is 0 Å². The molecule has 0 saturated carbocycles. The van der Waals surface area contributed by atoms with Gasteiger partial charge in [0.25, 0.3) is 0 Å². The van der Waals surface area contributed by atoms with E-state index in [1.807, 2.05) is 39.2 Å². The van der Waals surface area contributed by atoms with Gasteiger partial charge in [-0.2, -0.15) is 11.8 Å². The molecule has 2 N–H and O–H groups in total. The molecule has 1 fully saturated rings. The van der Waals surface area contributed by atoms with Gasteiger partial charge in [0.15, 0.2) is 11.5 Å². The second-order valence-corrected chi connectivity index (χ2v) is 13.9. The van der Waals surface area contributed by atoms with Gasteiger partial charge < -0.3 is 39.4 Å². The number of aryl methyl sites for hydroxylation is 1. The van der Waals surface area contributed by atoms with Crippen molar-refractivity contribution < 1.29 is 33.3 Å². The molecule has 2 aromatic carbocycles. The monoisotopic (exact) mass is 684 g/mol. The van der Waals surface area contributed by atoms with Gasteiger partial charge in [0.1, 0.15) is 11.6 Å². The number of carbonyl (C=O) groups is 3. The molecular formula is C35H48N4O8S. The number of nitrogens with zero attached hydrogens (tertiary/aromatic N) is 2. The number of thioether (sulfide) groups is 1. The molecule has 1 aliphatic heterocycles. The molecule has 0 bridgehead atoms. The summed E-state index contributed by atoms with van der Waals surface area (Å²) in [5, 5.41) is 6.29. The van der Waals surface area contributed by atoms with Crippen LogP contribution in [0.5, 0.6) is 17.2 Å². The summed E-state index contributed by atoms with van der Waals surface area (Å²) in [6, 6.07) is 5.85. The predicted octanol–water partition coefficient (Wildman–Crippen LogP) is 4.48. The van der Waals surface area contributed by atoms with Crippen molar-refractivity contribution in [2.75, 3.05) is 64.8 Å². The highest BCUT2D eigenvalue weighted by Gasteiger charge is 2.32. The Labute approximate surface area is 286 Å². The van der Waals surface area contributed by atoms with Crippen LogP contribution in [0.4, 0.5) is 10.5 Å². The number of hydrogen-bond donors (Lipinski definition) is 2. The van der Waals surface area contributed by atoms with Crippen molar-refractivity contribution in [3.63, 3.8) is 0 Å². The van der Waals surface area contributed by atoms with Crippen molar-refractivity contribution in [2.45, 2.75) is 64.6 Å². The first-order valence-corrected chi connectivity index (χ1v) is 17.5. The Balaban J connectivity index is 1.71. The third-order valence-electron chi connectivity index (χ3n) is 8.40. The van der Waals surface area contributed by atoms with Crippen molar-refractivity contribution >= 4 is 35.4 Å². The van der Waals surface area contributed by atoms with Gasteiger partial charge in [0, 0.05) is 38.7 Å². The number of benzene rings is 1. The molecule has 262 valence electrons. The lowest BCUT2D eigenvalue weighted by molar-refractivity contribution is -0.133. The summed E-state index contributed by atoms with van der Waals surface area (Å²) < 4.78 is 22.7. The van der Waals surface area contributed by atoms with E-state index in [0.717, 1.165) is 11.1 Å². The normalized spacial score (nSPS) is 16.5. The molecule has 1 heterocycles. The lowest BCUT2D eigenvalue weighted by atomic mass is 9.95. The van der Waals surface area contributed by atoms with Crippen LogP contribution >= 0.6 is 11.8 Å². The van der Waals surface area contributed by atoms with Gasteiger partial charge in [-0.1, -0.05) is 6.07 Å². The highest BCUT2D eigenvalue weighted by molar-refractivity contribution is 7.98. The Kier molecular flexibility index (Phi) is 12.1. The van der Waals surface area contributed by atoms with Crippen LogP contribution in [-0.4, -0.2) is 98.9 Å². The van der Waals surface area contributed by atoms with Crippen LogP contribution in [0, 0.1) is 0 Å². The van der Waals surface area contributed by atoms with Crippen molar-refractivity contribution in [2.24, 2.45) is 0 Å². The zero-order chi connectivity index (χ0) is 35.2. The first kappa shape index (κ1) is 36.7. The number of amides is 3. The van der Waals surface area contributed by atoms with E-state index in [1.165, 1.54) is 14.0 Å². The zero-order valence-corrected chi connectivity index (χ0v) is 30.0. The van der Waals surface area contributed by atoms with Crippen LogP contribution in [0.1, 0.15) is 57.7 Å². The van der Waals surface area contributed by atoms with Gasteiger partial charge in [0.05, 0.1) is 33.1 Å². The van der Waals surface area contributed by atoms with Crippen LogP contribution < -0.4 is 30.3 Å². The molecule has 3 amide bonds. The number of methoxy groups -OCH3 is 3. The lowest BCUT2D eigenvalue weighted by Crippen LogP contribution is -2.54. The highest BCUT2D eigenvalue weighted by Crippen LogP contribution is 2.50. The standard InChI is InChI=1S/C35H48N4O8S/c1-21(40)36-25-11-9-22-19-29(44-5)31(45-6)32(46-7)30(22)23-10-12-26(28(41)20-24(23)25)37-27(13-18-48-8)33(42)38-14-16-39(17-15-38)34(43)47-35(2,3)4/h10,12,19-20,25,27H,9,11,13-18H2,1-8H3,(H,36,40)(H,37,41)/t25-,27-/m0/s1. The molecule has 0 spiro atoms. The first-order chi connectivity index (χ1) is 22.8. The summed E-state index contributed by atoms with van der Waals surface area (Å²) in [5.74, 6) is 1.74. The van der Waals surface area contributed by atoms with E-state index in [9.17, 15) is 19.2 Å². The molecule has 0 unspecified atom stereocenters. The maximum absolute atomic E-state index is 13.9. The Morgan fingerprint density at radius 1 is 0.979 bits per heavy atom. The van der Waals surface area contributed by atoms with Crippen LogP contribution in [0.15, 0.2) is 29.1 Å². The fraction of sp³-hybridized carbons (Fsp3) is 0.543. The summed E-state index contributed by atoms with van der Waals surface area (Å²) in [6.45, 7) is 8.35. The maximum atomic E-state index is 13.9. The molecule has 2 aliphatic rings. The first-order valence-electron chi connectivity index (χ1n) is 16.1. The quantitative estimate of drug-likeness (QED) is 0.369. The molecule has 0 radical (unpaired) electrons. The fourth-order valence-electron chi connectivity index (χ4n) is 6.16. The maximum Gasteiger partial charge on any atom is 0.410 e. The third-order valence-corrected chi connectivity index (χ3v) is 9.04. The summed E-state index contributed by atoms with van der Waals surface area (Å²) >= 11 is 1.61. The molecule has 1 saturated heterocycles. The van der Waals surface area contributed by atoms with E-state index in [2.05, 4.69) is 10.6 Å². The zero-order valence-electron chi connectivity index (χ0n) is 29.2. The van der Waals surface area contributed by atoms with Gasteiger partial charge in [0.2, 0.25) is 23.0 Å². The number of piperazine rings is 1. The molecule has 2 atom stereocenters. The lowest BCUT2D eigenvalue weighted by Gasteiger charge is -2.37. The predicted molar refractivity (Wildman–Crippen MR) is 187 cm³/mol. The van der Waals surface area contributed by atoms with Gasteiger partial charge >= 0.3 is 6.09 Å². The number of nitrogens with one attached hydrogen (secondary N) is 2. The van der Waals surface area contributed by atoms with E-state index < -0.39 is 23.8 Å². The second-order valence-electron chi connectivity index (χ2n) is 12.9. The minimum atomic E-state index is -0.669. The highest BCUT2D eigenvalue weighted by atomic mass is 32.2. The van der Waals surface area contributed by atoms with E-state index in [4.69, 9.17) is 18.9 Å². The van der Waals surface area contributed by atoms with Gasteiger partial charge in [-0.25, -0.2) is 4.79 Å². The molecular weight excluding hydrogens is 636 g/mol. The number of rotatable bonds is 10. The number of anilines is 1. The Morgan fingerprint density at radius 2 is 1.65 bits per heavy atom. The minimum absolute atomic E-state index is 0.139. The number of hydrogen-bond acceptors (Lipinski definition) is 10. The molecule has 1 aliphatic carbocycles. The molecule has 12 nitrogen and oxygen atoms in total. The largest absolute Gasteiger partial charge is 0.493 e. The van der Waals surface area contributed by atoms with E-state index in [1.54, 1.807) is 47.9 Å². The molecule has 2 aromatic rings. The molecule has 0 aromatic heterocycles. The number of fused-ring (bicyclic) bond motifs is 3. The fourth-order valence-corrected chi connectivity index (χ4v) is 6.64. The van der Waals surface area contributed by atoms with Crippen LogP contribution in [0.2, 0.25) is 0 Å².